The number of nitrogens with zero attached hydrogens (tertiary/aromatic N) is 1. The van der Waals surface area contributed by atoms with E-state index in [2.05, 4.69) is 24.1 Å². The molecule has 0 radical (unpaired) electrons. The summed E-state index contributed by atoms with van der Waals surface area (Å²) in [5.41, 5.74) is 5.49. The van der Waals surface area contributed by atoms with E-state index in [0.717, 1.165) is 25.4 Å². The first-order chi connectivity index (χ1) is 7.77. The van der Waals surface area contributed by atoms with Crippen molar-refractivity contribution in [2.75, 3.05) is 32.7 Å². The molecule has 3 heteroatoms. The Bertz CT molecular complexity index is 173. The van der Waals surface area contributed by atoms with E-state index in [9.17, 15) is 0 Å². The maximum Gasteiger partial charge on any atom is 0.00792 e. The highest BCUT2D eigenvalue weighted by atomic mass is 15.1. The van der Waals surface area contributed by atoms with Gasteiger partial charge in [0, 0.05) is 12.6 Å². The highest BCUT2D eigenvalue weighted by Crippen LogP contribution is 2.19. The van der Waals surface area contributed by atoms with Gasteiger partial charge < -0.3 is 16.0 Å². The van der Waals surface area contributed by atoms with Crippen LogP contribution < -0.4 is 11.1 Å². The molecule has 1 rings (SSSR count). The van der Waals surface area contributed by atoms with Gasteiger partial charge >= 0.3 is 0 Å². The fraction of sp³-hybridized carbons (Fsp3) is 1.00. The van der Waals surface area contributed by atoms with Crippen LogP contribution in [0.1, 0.15) is 39.5 Å². The Kier molecular flexibility index (Phi) is 7.01. The Morgan fingerprint density at radius 1 is 1.44 bits per heavy atom. The molecule has 0 aromatic heterocycles. The van der Waals surface area contributed by atoms with Gasteiger partial charge in [0.25, 0.3) is 0 Å². The molecule has 2 unspecified atom stereocenters. The molecule has 0 aromatic rings. The van der Waals surface area contributed by atoms with Crippen LogP contribution in [0.15, 0.2) is 0 Å². The molecule has 0 bridgehead atoms. The lowest BCUT2D eigenvalue weighted by Crippen LogP contribution is -2.44. The number of likely N-dealkylation sites (tertiary alicyclic amines) is 1. The van der Waals surface area contributed by atoms with Gasteiger partial charge in [-0.2, -0.15) is 0 Å². The third-order valence-corrected chi connectivity index (χ3v) is 3.79. The molecule has 16 heavy (non-hydrogen) atoms. The van der Waals surface area contributed by atoms with Crippen molar-refractivity contribution in [1.82, 2.24) is 10.2 Å². The van der Waals surface area contributed by atoms with Crippen molar-refractivity contribution in [2.24, 2.45) is 11.7 Å². The van der Waals surface area contributed by atoms with Crippen LogP contribution in [-0.2, 0) is 0 Å². The molecule has 1 saturated heterocycles. The summed E-state index contributed by atoms with van der Waals surface area (Å²) in [5.74, 6) is 0.839. The lowest BCUT2D eigenvalue weighted by Gasteiger charge is -2.35. The van der Waals surface area contributed by atoms with E-state index >= 15 is 0 Å². The van der Waals surface area contributed by atoms with Gasteiger partial charge in [-0.05, 0) is 64.7 Å². The predicted molar refractivity (Wildman–Crippen MR) is 70.6 cm³/mol. The van der Waals surface area contributed by atoms with E-state index in [1.807, 2.05) is 0 Å². The molecular formula is C13H29N3. The van der Waals surface area contributed by atoms with Gasteiger partial charge in [0.1, 0.15) is 0 Å². The molecule has 1 heterocycles. The molecule has 1 fully saturated rings. The van der Waals surface area contributed by atoms with Crippen LogP contribution >= 0.6 is 0 Å². The maximum absolute atomic E-state index is 5.49. The molecule has 0 spiro atoms. The Morgan fingerprint density at radius 2 is 2.25 bits per heavy atom. The molecule has 96 valence electrons. The van der Waals surface area contributed by atoms with E-state index < -0.39 is 0 Å². The largest absolute Gasteiger partial charge is 0.330 e. The van der Waals surface area contributed by atoms with Crippen molar-refractivity contribution in [3.63, 3.8) is 0 Å². The molecular weight excluding hydrogens is 198 g/mol. The second kappa shape index (κ2) is 8.04. The van der Waals surface area contributed by atoms with Crippen LogP contribution in [0, 0.1) is 5.92 Å². The van der Waals surface area contributed by atoms with Gasteiger partial charge in [-0.3, -0.25) is 0 Å². The molecule has 1 aliphatic heterocycles. The van der Waals surface area contributed by atoms with Crippen LogP contribution in [-0.4, -0.2) is 43.7 Å². The predicted octanol–water partition coefficient (Wildman–Crippen LogP) is 1.44. The highest BCUT2D eigenvalue weighted by molar-refractivity contribution is 4.79. The molecule has 2 atom stereocenters. The van der Waals surface area contributed by atoms with Gasteiger partial charge in [-0.1, -0.05) is 6.92 Å². The molecule has 1 aliphatic rings. The van der Waals surface area contributed by atoms with Crippen LogP contribution in [0.25, 0.3) is 0 Å². The first-order valence-corrected chi connectivity index (χ1v) is 6.93. The SMILES string of the molecule is CCN1CCCC(C(C)NCCCCN)C1. The first-order valence-electron chi connectivity index (χ1n) is 6.93. The number of hydrogen-bond acceptors (Lipinski definition) is 3. The third-order valence-electron chi connectivity index (χ3n) is 3.79. The highest BCUT2D eigenvalue weighted by Gasteiger charge is 2.23. The summed E-state index contributed by atoms with van der Waals surface area (Å²) in [4.78, 5) is 2.58. The minimum absolute atomic E-state index is 0.659. The summed E-state index contributed by atoms with van der Waals surface area (Å²) in [6.07, 6.45) is 5.12. The fourth-order valence-corrected chi connectivity index (χ4v) is 2.55. The maximum atomic E-state index is 5.49. The van der Waals surface area contributed by atoms with Gasteiger partial charge in [-0.25, -0.2) is 0 Å². The summed E-state index contributed by atoms with van der Waals surface area (Å²) in [6.45, 7) is 10.3. The first kappa shape index (κ1) is 13.9. The summed E-state index contributed by atoms with van der Waals surface area (Å²) >= 11 is 0. The van der Waals surface area contributed by atoms with Gasteiger partial charge in [0.05, 0.1) is 0 Å². The van der Waals surface area contributed by atoms with Crippen molar-refractivity contribution < 1.29 is 0 Å². The van der Waals surface area contributed by atoms with E-state index in [1.165, 1.54) is 38.9 Å². The van der Waals surface area contributed by atoms with Crippen molar-refractivity contribution in [1.29, 1.82) is 0 Å². The molecule has 3 N–H and O–H groups in total. The topological polar surface area (TPSA) is 41.3 Å². The summed E-state index contributed by atoms with van der Waals surface area (Å²) in [6, 6.07) is 0.659. The smallest absolute Gasteiger partial charge is 0.00792 e. The average Bonchev–Trinajstić information content (AvgIpc) is 2.34. The molecule has 0 saturated carbocycles. The second-order valence-electron chi connectivity index (χ2n) is 5.03. The van der Waals surface area contributed by atoms with Gasteiger partial charge in [0.2, 0.25) is 0 Å². The van der Waals surface area contributed by atoms with E-state index in [0.29, 0.717) is 6.04 Å². The number of hydrogen-bond donors (Lipinski definition) is 2. The monoisotopic (exact) mass is 227 g/mol. The lowest BCUT2D eigenvalue weighted by molar-refractivity contribution is 0.157. The second-order valence-corrected chi connectivity index (χ2v) is 5.03. The Labute approximate surface area is 101 Å². The quantitative estimate of drug-likeness (QED) is 0.647. The fourth-order valence-electron chi connectivity index (χ4n) is 2.55. The number of piperidine rings is 1. The molecule has 0 aromatic carbocycles. The van der Waals surface area contributed by atoms with E-state index in [4.69, 9.17) is 5.73 Å². The standard InChI is InChI=1S/C13H29N3/c1-3-16-10-6-7-13(11-16)12(2)15-9-5-4-8-14/h12-13,15H,3-11,14H2,1-2H3. The normalized spacial score (nSPS) is 24.6. The van der Waals surface area contributed by atoms with Crippen molar-refractivity contribution >= 4 is 0 Å². The van der Waals surface area contributed by atoms with Crippen LogP contribution in [0.4, 0.5) is 0 Å². The molecule has 3 nitrogen and oxygen atoms in total. The minimum atomic E-state index is 0.659. The van der Waals surface area contributed by atoms with Crippen LogP contribution in [0.2, 0.25) is 0 Å². The summed E-state index contributed by atoms with van der Waals surface area (Å²) in [5, 5.41) is 3.65. The summed E-state index contributed by atoms with van der Waals surface area (Å²) in [7, 11) is 0. The van der Waals surface area contributed by atoms with Crippen molar-refractivity contribution in [2.45, 2.75) is 45.6 Å². The number of nitrogens with two attached hydrogens (primary N) is 1. The number of nitrogens with one attached hydrogen (secondary N) is 1. The van der Waals surface area contributed by atoms with Crippen molar-refractivity contribution in [3.8, 4) is 0 Å². The zero-order valence-corrected chi connectivity index (χ0v) is 11.0. The van der Waals surface area contributed by atoms with Gasteiger partial charge in [0.15, 0.2) is 0 Å². The average molecular weight is 227 g/mol. The van der Waals surface area contributed by atoms with Gasteiger partial charge in [-0.15, -0.1) is 0 Å². The van der Waals surface area contributed by atoms with E-state index in [-0.39, 0.29) is 0 Å². The Balaban J connectivity index is 2.16. The van der Waals surface area contributed by atoms with Crippen molar-refractivity contribution in [3.05, 3.63) is 0 Å². The molecule has 0 amide bonds. The minimum Gasteiger partial charge on any atom is -0.330 e. The number of rotatable bonds is 7. The Hall–Kier alpha value is -0.120. The lowest BCUT2D eigenvalue weighted by atomic mass is 9.91. The zero-order chi connectivity index (χ0) is 11.8. The Morgan fingerprint density at radius 3 is 2.94 bits per heavy atom. The molecule has 0 aliphatic carbocycles. The summed E-state index contributed by atoms with van der Waals surface area (Å²) < 4.78 is 0. The van der Waals surface area contributed by atoms with Crippen LogP contribution in [0.5, 0.6) is 0 Å². The zero-order valence-electron chi connectivity index (χ0n) is 11.0. The third kappa shape index (κ3) is 4.81. The van der Waals surface area contributed by atoms with Crippen LogP contribution in [0.3, 0.4) is 0 Å². The number of unbranched alkanes of at least 4 members (excludes halogenated alkanes) is 1. The van der Waals surface area contributed by atoms with E-state index in [1.54, 1.807) is 0 Å².